The number of ketones is 1. The Labute approximate surface area is 98.9 Å². The second kappa shape index (κ2) is 4.45. The zero-order valence-electron chi connectivity index (χ0n) is 8.77. The molecule has 0 aliphatic carbocycles. The maximum absolute atomic E-state index is 12.1. The van der Waals surface area contributed by atoms with Crippen molar-refractivity contribution < 1.29 is 4.79 Å². The highest BCUT2D eigenvalue weighted by molar-refractivity contribution is 6.30. The van der Waals surface area contributed by atoms with Gasteiger partial charge in [0.05, 0.1) is 0 Å². The second-order valence-corrected chi connectivity index (χ2v) is 3.96. The van der Waals surface area contributed by atoms with Crippen LogP contribution in [0.25, 0.3) is 0 Å². The summed E-state index contributed by atoms with van der Waals surface area (Å²) >= 11 is 5.77. The normalized spacial score (nSPS) is 10.1. The molecule has 0 amide bonds. The Morgan fingerprint density at radius 3 is 2.50 bits per heavy atom. The van der Waals surface area contributed by atoms with Crippen LogP contribution in [0.3, 0.4) is 0 Å². The van der Waals surface area contributed by atoms with E-state index in [0.29, 0.717) is 16.1 Å². The molecule has 0 fully saturated rings. The third-order valence-electron chi connectivity index (χ3n) is 2.39. The van der Waals surface area contributed by atoms with Gasteiger partial charge in [0, 0.05) is 28.5 Å². The Balaban J connectivity index is 2.40. The summed E-state index contributed by atoms with van der Waals surface area (Å²) in [5.74, 6) is -0.0257. The van der Waals surface area contributed by atoms with Crippen LogP contribution in [0.5, 0.6) is 0 Å². The van der Waals surface area contributed by atoms with Crippen molar-refractivity contribution in [2.75, 3.05) is 0 Å². The van der Waals surface area contributed by atoms with Gasteiger partial charge < -0.3 is 0 Å². The van der Waals surface area contributed by atoms with Crippen molar-refractivity contribution in [2.24, 2.45) is 0 Å². The predicted molar refractivity (Wildman–Crippen MR) is 63.9 cm³/mol. The molecular weight excluding hydrogens is 222 g/mol. The minimum Gasteiger partial charge on any atom is -0.289 e. The lowest BCUT2D eigenvalue weighted by molar-refractivity contribution is 0.103. The lowest BCUT2D eigenvalue weighted by atomic mass is 10.0. The quantitative estimate of drug-likeness (QED) is 0.743. The van der Waals surface area contributed by atoms with E-state index >= 15 is 0 Å². The second-order valence-electron chi connectivity index (χ2n) is 3.53. The first-order valence-corrected chi connectivity index (χ1v) is 5.27. The van der Waals surface area contributed by atoms with Crippen molar-refractivity contribution in [3.8, 4) is 0 Å². The maximum atomic E-state index is 12.1. The van der Waals surface area contributed by atoms with E-state index in [0.717, 1.165) is 5.56 Å². The Kier molecular flexibility index (Phi) is 3.02. The first kappa shape index (κ1) is 10.8. The van der Waals surface area contributed by atoms with E-state index in [1.165, 1.54) is 0 Å². The molecule has 1 aromatic heterocycles. The molecule has 1 aromatic carbocycles. The summed E-state index contributed by atoms with van der Waals surface area (Å²) in [6, 6.07) is 8.68. The average molecular weight is 232 g/mol. The van der Waals surface area contributed by atoms with Gasteiger partial charge in [-0.05, 0) is 42.8 Å². The van der Waals surface area contributed by atoms with Gasteiger partial charge in [0.25, 0.3) is 0 Å². The summed E-state index contributed by atoms with van der Waals surface area (Å²) in [5, 5.41) is 0.624. The molecule has 0 saturated heterocycles. The number of pyridine rings is 1. The lowest BCUT2D eigenvalue weighted by Gasteiger charge is -2.03. The van der Waals surface area contributed by atoms with E-state index in [9.17, 15) is 4.79 Å². The molecule has 0 radical (unpaired) electrons. The van der Waals surface area contributed by atoms with E-state index in [2.05, 4.69) is 4.98 Å². The van der Waals surface area contributed by atoms with E-state index < -0.39 is 0 Å². The minimum atomic E-state index is -0.0257. The van der Waals surface area contributed by atoms with Crippen molar-refractivity contribution in [3.63, 3.8) is 0 Å². The summed E-state index contributed by atoms with van der Waals surface area (Å²) in [7, 11) is 0. The number of carbonyl (C=O) groups is 1. The van der Waals surface area contributed by atoms with Gasteiger partial charge in [-0.25, -0.2) is 0 Å². The van der Waals surface area contributed by atoms with Crippen molar-refractivity contribution in [2.45, 2.75) is 6.92 Å². The number of aryl methyl sites for hydroxylation is 1. The smallest absolute Gasteiger partial charge is 0.194 e. The van der Waals surface area contributed by atoms with Gasteiger partial charge in [0.1, 0.15) is 0 Å². The van der Waals surface area contributed by atoms with Gasteiger partial charge in [-0.1, -0.05) is 11.6 Å². The first-order valence-electron chi connectivity index (χ1n) is 4.89. The molecule has 16 heavy (non-hydrogen) atoms. The van der Waals surface area contributed by atoms with Crippen LogP contribution in [0.15, 0.2) is 42.7 Å². The molecule has 0 saturated carbocycles. The average Bonchev–Trinajstić information content (AvgIpc) is 2.30. The molecule has 80 valence electrons. The van der Waals surface area contributed by atoms with Crippen LogP contribution in [0.4, 0.5) is 0 Å². The molecule has 0 N–H and O–H groups in total. The number of hydrogen-bond donors (Lipinski definition) is 0. The van der Waals surface area contributed by atoms with Crippen LogP contribution in [0.2, 0.25) is 5.02 Å². The number of nitrogens with zero attached hydrogens (tertiary/aromatic N) is 1. The Morgan fingerprint density at radius 2 is 1.88 bits per heavy atom. The van der Waals surface area contributed by atoms with Crippen molar-refractivity contribution in [1.29, 1.82) is 0 Å². The number of benzene rings is 1. The molecule has 0 unspecified atom stereocenters. The third-order valence-corrected chi connectivity index (χ3v) is 2.64. The topological polar surface area (TPSA) is 30.0 Å². The molecule has 3 heteroatoms. The zero-order valence-corrected chi connectivity index (χ0v) is 9.53. The van der Waals surface area contributed by atoms with Crippen LogP contribution in [0.1, 0.15) is 21.5 Å². The predicted octanol–water partition coefficient (Wildman–Crippen LogP) is 3.27. The monoisotopic (exact) mass is 231 g/mol. The number of hydrogen-bond acceptors (Lipinski definition) is 2. The van der Waals surface area contributed by atoms with Gasteiger partial charge in [0.15, 0.2) is 5.78 Å². The molecule has 2 aromatic rings. The van der Waals surface area contributed by atoms with Crippen molar-refractivity contribution in [3.05, 3.63) is 64.4 Å². The summed E-state index contributed by atoms with van der Waals surface area (Å²) in [6.07, 6.45) is 3.26. The summed E-state index contributed by atoms with van der Waals surface area (Å²) in [4.78, 5) is 16.1. The highest BCUT2D eigenvalue weighted by Crippen LogP contribution is 2.15. The number of rotatable bonds is 2. The fraction of sp³-hybridized carbons (Fsp3) is 0.0769. The molecule has 0 bridgehead atoms. The largest absolute Gasteiger partial charge is 0.289 e. The molecule has 2 nitrogen and oxygen atoms in total. The van der Waals surface area contributed by atoms with Crippen molar-refractivity contribution in [1.82, 2.24) is 4.98 Å². The van der Waals surface area contributed by atoms with Crippen LogP contribution < -0.4 is 0 Å². The maximum Gasteiger partial charge on any atom is 0.194 e. The molecule has 2 rings (SSSR count). The van der Waals surface area contributed by atoms with Crippen molar-refractivity contribution >= 4 is 17.4 Å². The Bertz CT molecular complexity index is 520. The Hall–Kier alpha value is -1.67. The van der Waals surface area contributed by atoms with Crippen LogP contribution in [-0.4, -0.2) is 10.8 Å². The van der Waals surface area contributed by atoms with Gasteiger partial charge >= 0.3 is 0 Å². The van der Waals surface area contributed by atoms with E-state index in [1.54, 1.807) is 36.7 Å². The van der Waals surface area contributed by atoms with Crippen LogP contribution in [0, 0.1) is 6.92 Å². The van der Waals surface area contributed by atoms with E-state index in [4.69, 9.17) is 11.6 Å². The highest BCUT2D eigenvalue weighted by Gasteiger charge is 2.11. The standard InChI is InChI=1S/C13H10ClNO/c1-9-6-7-15-8-12(9)13(16)10-2-4-11(14)5-3-10/h2-8H,1H3. The van der Waals surface area contributed by atoms with Crippen LogP contribution >= 0.6 is 11.6 Å². The molecule has 0 aliphatic heterocycles. The van der Waals surface area contributed by atoms with Gasteiger partial charge in [-0.3, -0.25) is 9.78 Å². The number of aromatic nitrogens is 1. The van der Waals surface area contributed by atoms with Crippen LogP contribution in [-0.2, 0) is 0 Å². The third kappa shape index (κ3) is 2.12. The minimum absolute atomic E-state index is 0.0257. The fourth-order valence-electron chi connectivity index (χ4n) is 1.46. The number of halogens is 1. The molecule has 1 heterocycles. The summed E-state index contributed by atoms with van der Waals surface area (Å²) < 4.78 is 0. The first-order chi connectivity index (χ1) is 7.68. The van der Waals surface area contributed by atoms with Gasteiger partial charge in [0.2, 0.25) is 0 Å². The SMILES string of the molecule is Cc1ccncc1C(=O)c1ccc(Cl)cc1. The summed E-state index contributed by atoms with van der Waals surface area (Å²) in [6.45, 7) is 1.89. The highest BCUT2D eigenvalue weighted by atomic mass is 35.5. The Morgan fingerprint density at radius 1 is 1.19 bits per heavy atom. The van der Waals surface area contributed by atoms with Gasteiger partial charge in [-0.15, -0.1) is 0 Å². The molecule has 0 spiro atoms. The van der Waals surface area contributed by atoms with E-state index in [1.807, 2.05) is 13.0 Å². The lowest BCUT2D eigenvalue weighted by Crippen LogP contribution is -2.03. The molecule has 0 aliphatic rings. The van der Waals surface area contributed by atoms with Gasteiger partial charge in [-0.2, -0.15) is 0 Å². The summed E-state index contributed by atoms with van der Waals surface area (Å²) in [5.41, 5.74) is 2.18. The molecule has 0 atom stereocenters. The zero-order chi connectivity index (χ0) is 11.5. The molecular formula is C13H10ClNO. The fourth-order valence-corrected chi connectivity index (χ4v) is 1.58. The van der Waals surface area contributed by atoms with E-state index in [-0.39, 0.29) is 5.78 Å². The number of carbonyl (C=O) groups excluding carboxylic acids is 1.